The van der Waals surface area contributed by atoms with Crippen molar-refractivity contribution in [1.29, 1.82) is 0 Å². The van der Waals surface area contributed by atoms with Gasteiger partial charge >= 0.3 is 12.3 Å². The standard InChI is InChI=1S/C26H33F3N2O5S/c1-17-12-19-10-11-20(26(27,28)29)14-23(19)37(34,35)31(15-17)16-22(32)21(13-18-8-6-5-7-9-18)30-24(33)36-25(2,3)4/h5-11,14,17,21-22,32H,12-13,15-16H2,1-4H3,(H,30,33)/t17-,21-,22+/m1/s1. The number of rotatable bonds is 6. The van der Waals surface area contributed by atoms with E-state index in [0.29, 0.717) is 11.6 Å². The predicted molar refractivity (Wildman–Crippen MR) is 132 cm³/mol. The van der Waals surface area contributed by atoms with Gasteiger partial charge < -0.3 is 15.2 Å². The number of nitrogens with zero attached hydrogens (tertiary/aromatic N) is 1. The lowest BCUT2D eigenvalue weighted by Crippen LogP contribution is -2.51. The van der Waals surface area contributed by atoms with Crippen molar-refractivity contribution in [3.05, 3.63) is 65.2 Å². The van der Waals surface area contributed by atoms with Crippen molar-refractivity contribution in [2.45, 2.75) is 69.4 Å². The van der Waals surface area contributed by atoms with Crippen molar-refractivity contribution in [3.63, 3.8) is 0 Å². The summed E-state index contributed by atoms with van der Waals surface area (Å²) in [5.74, 6) is -0.216. The summed E-state index contributed by atoms with van der Waals surface area (Å²) in [6.07, 6.45) is -6.41. The molecule has 0 fully saturated rings. The number of fused-ring (bicyclic) bond motifs is 1. The first-order valence-corrected chi connectivity index (χ1v) is 13.4. The van der Waals surface area contributed by atoms with Crippen LogP contribution in [0.5, 0.6) is 0 Å². The van der Waals surface area contributed by atoms with Gasteiger partial charge in [-0.2, -0.15) is 17.5 Å². The van der Waals surface area contributed by atoms with Gasteiger partial charge in [0.15, 0.2) is 0 Å². The zero-order chi connectivity index (χ0) is 27.6. The van der Waals surface area contributed by atoms with Crippen molar-refractivity contribution in [3.8, 4) is 0 Å². The molecular formula is C26H33F3N2O5S. The van der Waals surface area contributed by atoms with E-state index in [1.54, 1.807) is 52.0 Å². The van der Waals surface area contributed by atoms with Gasteiger partial charge in [0, 0.05) is 13.1 Å². The van der Waals surface area contributed by atoms with Gasteiger partial charge in [-0.15, -0.1) is 0 Å². The number of hydrogen-bond acceptors (Lipinski definition) is 5. The van der Waals surface area contributed by atoms with Crippen molar-refractivity contribution >= 4 is 16.1 Å². The smallest absolute Gasteiger partial charge is 0.416 e. The summed E-state index contributed by atoms with van der Waals surface area (Å²) in [5, 5.41) is 13.8. The molecule has 11 heteroatoms. The molecule has 1 amide bonds. The number of alkyl carbamates (subject to hydrolysis) is 1. The van der Waals surface area contributed by atoms with Gasteiger partial charge in [-0.1, -0.05) is 43.3 Å². The van der Waals surface area contributed by atoms with E-state index >= 15 is 0 Å². The second kappa shape index (κ2) is 11.0. The van der Waals surface area contributed by atoms with Crippen LogP contribution in [-0.4, -0.2) is 54.8 Å². The van der Waals surface area contributed by atoms with Gasteiger partial charge in [0.1, 0.15) is 5.60 Å². The molecule has 2 aromatic carbocycles. The maximum absolute atomic E-state index is 13.5. The second-order valence-electron chi connectivity index (χ2n) is 10.5. The van der Waals surface area contributed by atoms with E-state index in [4.69, 9.17) is 4.74 Å². The first-order chi connectivity index (χ1) is 17.1. The third-order valence-corrected chi connectivity index (χ3v) is 7.87. The topological polar surface area (TPSA) is 95.9 Å². The second-order valence-corrected chi connectivity index (χ2v) is 12.4. The number of halogens is 3. The molecule has 0 unspecified atom stereocenters. The molecule has 204 valence electrons. The fraction of sp³-hybridized carbons (Fsp3) is 0.500. The molecule has 37 heavy (non-hydrogen) atoms. The molecule has 3 rings (SSSR count). The molecule has 1 aliphatic rings. The molecular weight excluding hydrogens is 509 g/mol. The molecule has 2 aromatic rings. The molecule has 0 saturated carbocycles. The minimum atomic E-state index is -4.70. The fourth-order valence-electron chi connectivity index (χ4n) is 4.28. The summed E-state index contributed by atoms with van der Waals surface area (Å²) < 4.78 is 73.4. The number of hydrogen-bond donors (Lipinski definition) is 2. The lowest BCUT2D eigenvalue weighted by Gasteiger charge is -2.30. The maximum atomic E-state index is 13.5. The number of nitrogens with one attached hydrogen (secondary N) is 1. The molecule has 0 aliphatic carbocycles. The Morgan fingerprint density at radius 2 is 1.81 bits per heavy atom. The van der Waals surface area contributed by atoms with E-state index in [1.807, 2.05) is 6.07 Å². The Hall–Kier alpha value is -2.63. The molecule has 7 nitrogen and oxygen atoms in total. The van der Waals surface area contributed by atoms with E-state index in [9.17, 15) is 31.5 Å². The van der Waals surface area contributed by atoms with Gasteiger partial charge in [-0.05, 0) is 62.8 Å². The zero-order valence-corrected chi connectivity index (χ0v) is 22.1. The first kappa shape index (κ1) is 28.9. The zero-order valence-electron chi connectivity index (χ0n) is 21.2. The van der Waals surface area contributed by atoms with E-state index in [1.165, 1.54) is 6.07 Å². The Morgan fingerprint density at radius 1 is 1.16 bits per heavy atom. The lowest BCUT2D eigenvalue weighted by atomic mass is 9.99. The van der Waals surface area contributed by atoms with E-state index in [2.05, 4.69) is 5.32 Å². The number of carbonyl (C=O) groups is 1. The molecule has 1 aliphatic heterocycles. The van der Waals surface area contributed by atoms with Crippen LogP contribution in [0.15, 0.2) is 53.4 Å². The molecule has 1 heterocycles. The predicted octanol–water partition coefficient (Wildman–Crippen LogP) is 4.39. The summed E-state index contributed by atoms with van der Waals surface area (Å²) in [6, 6.07) is 10.8. The van der Waals surface area contributed by atoms with E-state index in [0.717, 1.165) is 15.9 Å². The van der Waals surface area contributed by atoms with Crippen LogP contribution in [0, 0.1) is 5.92 Å². The van der Waals surface area contributed by atoms with Crippen LogP contribution in [0.1, 0.15) is 44.4 Å². The molecule has 0 saturated heterocycles. The summed E-state index contributed by atoms with van der Waals surface area (Å²) in [6.45, 7) is 6.44. The van der Waals surface area contributed by atoms with Crippen LogP contribution in [0.4, 0.5) is 18.0 Å². The van der Waals surface area contributed by atoms with Crippen LogP contribution >= 0.6 is 0 Å². The normalized spacial score (nSPS) is 19.8. The highest BCUT2D eigenvalue weighted by Crippen LogP contribution is 2.35. The third kappa shape index (κ3) is 7.68. The number of carbonyl (C=O) groups excluding carboxylic acids is 1. The maximum Gasteiger partial charge on any atom is 0.416 e. The lowest BCUT2D eigenvalue weighted by molar-refractivity contribution is -0.137. The van der Waals surface area contributed by atoms with Crippen molar-refractivity contribution in [2.75, 3.05) is 13.1 Å². The average Bonchev–Trinajstić information content (AvgIpc) is 2.85. The number of benzene rings is 2. The van der Waals surface area contributed by atoms with Crippen LogP contribution in [0.3, 0.4) is 0 Å². The number of aliphatic hydroxyl groups excluding tert-OH is 1. The molecule has 2 N–H and O–H groups in total. The van der Waals surface area contributed by atoms with Gasteiger partial charge in [0.05, 0.1) is 22.6 Å². The van der Waals surface area contributed by atoms with Crippen LogP contribution in [0.25, 0.3) is 0 Å². The molecule has 0 spiro atoms. The van der Waals surface area contributed by atoms with Crippen molar-refractivity contribution in [1.82, 2.24) is 9.62 Å². The average molecular weight is 543 g/mol. The molecule has 0 aromatic heterocycles. The van der Waals surface area contributed by atoms with Crippen LogP contribution in [-0.2, 0) is 33.8 Å². The number of aliphatic hydroxyl groups is 1. The van der Waals surface area contributed by atoms with Gasteiger partial charge in [0.2, 0.25) is 10.0 Å². The third-order valence-electron chi connectivity index (χ3n) is 5.95. The number of β-amino-alcohol motifs (C(OH)–C–C–N with tert-alkyl or cyclic N) is 1. The first-order valence-electron chi connectivity index (χ1n) is 12.0. The summed E-state index contributed by atoms with van der Waals surface area (Å²) in [7, 11) is -4.36. The van der Waals surface area contributed by atoms with Crippen LogP contribution in [0.2, 0.25) is 0 Å². The number of alkyl halides is 3. The number of sulfonamides is 1. The Balaban J connectivity index is 1.91. The van der Waals surface area contributed by atoms with Gasteiger partial charge in [0.25, 0.3) is 0 Å². The highest BCUT2D eigenvalue weighted by atomic mass is 32.2. The highest BCUT2D eigenvalue weighted by molar-refractivity contribution is 7.89. The summed E-state index contributed by atoms with van der Waals surface area (Å²) >= 11 is 0. The van der Waals surface area contributed by atoms with Crippen molar-refractivity contribution < 1.29 is 36.2 Å². The minimum absolute atomic E-state index is 0.0000803. The molecule has 3 atom stereocenters. The fourth-order valence-corrected chi connectivity index (χ4v) is 6.12. The summed E-state index contributed by atoms with van der Waals surface area (Å²) in [4.78, 5) is 12.1. The largest absolute Gasteiger partial charge is 0.444 e. The Morgan fingerprint density at radius 3 is 2.41 bits per heavy atom. The van der Waals surface area contributed by atoms with Crippen molar-refractivity contribution in [2.24, 2.45) is 5.92 Å². The van der Waals surface area contributed by atoms with E-state index in [-0.39, 0.29) is 25.3 Å². The quantitative estimate of drug-likeness (QED) is 0.565. The highest BCUT2D eigenvalue weighted by Gasteiger charge is 2.38. The monoisotopic (exact) mass is 542 g/mol. The Bertz CT molecular complexity index is 1200. The van der Waals surface area contributed by atoms with Gasteiger partial charge in [-0.25, -0.2) is 13.2 Å². The van der Waals surface area contributed by atoms with Gasteiger partial charge in [-0.3, -0.25) is 0 Å². The molecule has 0 radical (unpaired) electrons. The Kier molecular flexibility index (Phi) is 8.60. The Labute approximate surface area is 215 Å². The van der Waals surface area contributed by atoms with E-state index < -0.39 is 57.0 Å². The SMILES string of the molecule is C[C@@H]1Cc2ccc(C(F)(F)F)cc2S(=O)(=O)N(C[C@H](O)[C@@H](Cc2ccccc2)NC(=O)OC(C)(C)C)C1. The van der Waals surface area contributed by atoms with Crippen LogP contribution < -0.4 is 5.32 Å². The summed E-state index contributed by atoms with van der Waals surface area (Å²) in [5.41, 5.74) is -0.769. The number of ether oxygens (including phenoxy) is 1. The molecule has 0 bridgehead atoms. The number of amides is 1. The minimum Gasteiger partial charge on any atom is -0.444 e.